The molecule has 1 aliphatic carbocycles. The lowest BCUT2D eigenvalue weighted by Gasteiger charge is -2.31. The third kappa shape index (κ3) is 5.10. The molecule has 5 nitrogen and oxygen atoms in total. The molecule has 1 fully saturated rings. The summed E-state index contributed by atoms with van der Waals surface area (Å²) < 4.78 is 40.0. The Balaban J connectivity index is 0.00000264. The lowest BCUT2D eigenvalue weighted by Crippen LogP contribution is -2.45. The lowest BCUT2D eigenvalue weighted by molar-refractivity contribution is -0.184. The average molecular weight is 355 g/mol. The molecule has 0 spiro atoms. The summed E-state index contributed by atoms with van der Waals surface area (Å²) in [7, 11) is 3.37. The van der Waals surface area contributed by atoms with Crippen LogP contribution < -0.4 is 10.6 Å². The number of rotatable bonds is 4. The summed E-state index contributed by atoms with van der Waals surface area (Å²) in [5.41, 5.74) is 0.686. The standard InChI is InChI=1S/C14H21F3N4O.ClH/c1-18-12(9-7-19-21(2)8-9)13(22)20-11-5-3-4-10(6-11)14(15,16)17;/h7-8,10-12,18H,3-6H2,1-2H3,(H,20,22);1H. The minimum Gasteiger partial charge on any atom is -0.352 e. The Morgan fingerprint density at radius 1 is 1.43 bits per heavy atom. The van der Waals surface area contributed by atoms with Gasteiger partial charge >= 0.3 is 6.18 Å². The van der Waals surface area contributed by atoms with Crippen LogP contribution in [-0.4, -0.2) is 35.0 Å². The van der Waals surface area contributed by atoms with Crippen molar-refractivity contribution >= 4 is 18.3 Å². The van der Waals surface area contributed by atoms with Gasteiger partial charge < -0.3 is 10.6 Å². The Morgan fingerprint density at radius 2 is 2.13 bits per heavy atom. The molecule has 0 bridgehead atoms. The SMILES string of the molecule is CNC(C(=O)NC1CCCC(C(F)(F)F)C1)c1cnn(C)c1.Cl. The van der Waals surface area contributed by atoms with Crippen molar-refractivity contribution in [2.24, 2.45) is 13.0 Å². The summed E-state index contributed by atoms with van der Waals surface area (Å²) in [6.07, 6.45) is 0.260. The maximum absolute atomic E-state index is 12.8. The second-order valence-electron chi connectivity index (χ2n) is 5.78. The normalized spacial score (nSPS) is 23.0. The molecule has 1 saturated carbocycles. The Morgan fingerprint density at radius 3 is 2.65 bits per heavy atom. The highest BCUT2D eigenvalue weighted by molar-refractivity contribution is 5.85. The van der Waals surface area contributed by atoms with E-state index in [9.17, 15) is 18.0 Å². The van der Waals surface area contributed by atoms with Crippen LogP contribution in [0.2, 0.25) is 0 Å². The van der Waals surface area contributed by atoms with Crippen molar-refractivity contribution in [2.45, 2.75) is 43.9 Å². The van der Waals surface area contributed by atoms with Crippen molar-refractivity contribution in [1.29, 1.82) is 0 Å². The van der Waals surface area contributed by atoms with Crippen molar-refractivity contribution in [1.82, 2.24) is 20.4 Å². The Bertz CT molecular complexity index is 520. The molecular formula is C14H22ClF3N4O. The van der Waals surface area contributed by atoms with Crippen LogP contribution in [0.4, 0.5) is 13.2 Å². The molecule has 0 saturated heterocycles. The predicted molar refractivity (Wildman–Crippen MR) is 82.2 cm³/mol. The zero-order valence-corrected chi connectivity index (χ0v) is 13.9. The molecule has 3 atom stereocenters. The number of aromatic nitrogens is 2. The van der Waals surface area contributed by atoms with Crippen LogP contribution in [-0.2, 0) is 11.8 Å². The molecule has 0 aromatic carbocycles. The van der Waals surface area contributed by atoms with E-state index in [0.29, 0.717) is 18.4 Å². The molecule has 1 aliphatic rings. The fraction of sp³-hybridized carbons (Fsp3) is 0.714. The first-order chi connectivity index (χ1) is 10.3. The second kappa shape index (κ2) is 8.01. The summed E-state index contributed by atoms with van der Waals surface area (Å²) in [5, 5.41) is 9.62. The van der Waals surface area contributed by atoms with Gasteiger partial charge in [0.05, 0.1) is 12.1 Å². The first-order valence-corrected chi connectivity index (χ1v) is 7.34. The Kier molecular flexibility index (Phi) is 6.88. The number of hydrogen-bond donors (Lipinski definition) is 2. The summed E-state index contributed by atoms with van der Waals surface area (Å²) in [6.45, 7) is 0. The molecule has 0 radical (unpaired) electrons. The number of nitrogens with one attached hydrogen (secondary N) is 2. The van der Waals surface area contributed by atoms with Gasteiger partial charge in [-0.3, -0.25) is 9.48 Å². The van der Waals surface area contributed by atoms with E-state index in [2.05, 4.69) is 15.7 Å². The summed E-state index contributed by atoms with van der Waals surface area (Å²) in [5.74, 6) is -1.64. The Labute approximate surface area is 139 Å². The number of halogens is 4. The number of hydrogen-bond acceptors (Lipinski definition) is 3. The Hall–Kier alpha value is -1.28. The third-order valence-electron chi connectivity index (χ3n) is 4.09. The number of carbonyl (C=O) groups excluding carboxylic acids is 1. The van der Waals surface area contributed by atoms with Crippen LogP contribution in [0, 0.1) is 5.92 Å². The fourth-order valence-electron chi connectivity index (χ4n) is 2.94. The number of nitrogens with zero attached hydrogens (tertiary/aromatic N) is 2. The summed E-state index contributed by atoms with van der Waals surface area (Å²) in [6, 6.07) is -1.04. The van der Waals surface area contributed by atoms with E-state index in [1.54, 1.807) is 31.2 Å². The lowest BCUT2D eigenvalue weighted by atomic mass is 9.85. The van der Waals surface area contributed by atoms with Crippen LogP contribution in [0.1, 0.15) is 37.3 Å². The van der Waals surface area contributed by atoms with E-state index in [4.69, 9.17) is 0 Å². The number of alkyl halides is 3. The van der Waals surface area contributed by atoms with Crippen LogP contribution in [0.25, 0.3) is 0 Å². The fourth-order valence-corrected chi connectivity index (χ4v) is 2.94. The van der Waals surface area contributed by atoms with Crippen molar-refractivity contribution in [3.05, 3.63) is 18.0 Å². The average Bonchev–Trinajstić information content (AvgIpc) is 2.85. The van der Waals surface area contributed by atoms with Crippen molar-refractivity contribution < 1.29 is 18.0 Å². The summed E-state index contributed by atoms with van der Waals surface area (Å²) in [4.78, 5) is 12.3. The molecule has 132 valence electrons. The molecule has 1 aromatic rings. The molecule has 0 aliphatic heterocycles. The highest BCUT2D eigenvalue weighted by Gasteiger charge is 2.42. The van der Waals surface area contributed by atoms with Crippen molar-refractivity contribution in [3.63, 3.8) is 0 Å². The molecule has 1 aromatic heterocycles. The van der Waals surface area contributed by atoms with Crippen LogP contribution in [0.15, 0.2) is 12.4 Å². The largest absolute Gasteiger partial charge is 0.391 e. The van der Waals surface area contributed by atoms with Crippen molar-refractivity contribution in [3.8, 4) is 0 Å². The zero-order chi connectivity index (χ0) is 16.3. The van der Waals surface area contributed by atoms with Crippen LogP contribution >= 0.6 is 12.4 Å². The minimum atomic E-state index is -4.19. The topological polar surface area (TPSA) is 59.0 Å². The van der Waals surface area contributed by atoms with Gasteiger partial charge in [-0.25, -0.2) is 0 Å². The van der Waals surface area contributed by atoms with Gasteiger partial charge in [0, 0.05) is 24.8 Å². The third-order valence-corrected chi connectivity index (χ3v) is 4.09. The number of amides is 1. The van der Waals surface area contributed by atoms with Gasteiger partial charge in [0.25, 0.3) is 0 Å². The van der Waals surface area contributed by atoms with Gasteiger partial charge in [-0.05, 0) is 26.3 Å². The molecule has 3 unspecified atom stereocenters. The number of aryl methyl sites for hydroxylation is 1. The quantitative estimate of drug-likeness (QED) is 0.872. The van der Waals surface area contributed by atoms with Gasteiger partial charge in [0.1, 0.15) is 6.04 Å². The van der Waals surface area contributed by atoms with Crippen LogP contribution in [0.5, 0.6) is 0 Å². The zero-order valence-electron chi connectivity index (χ0n) is 13.1. The van der Waals surface area contributed by atoms with Gasteiger partial charge in [0.2, 0.25) is 5.91 Å². The van der Waals surface area contributed by atoms with Crippen molar-refractivity contribution in [2.75, 3.05) is 7.05 Å². The molecule has 1 amide bonds. The monoisotopic (exact) mass is 354 g/mol. The first kappa shape index (κ1) is 19.8. The number of likely N-dealkylation sites (N-methyl/N-ethyl adjacent to an activating group) is 1. The smallest absolute Gasteiger partial charge is 0.352 e. The molecule has 1 heterocycles. The van der Waals surface area contributed by atoms with E-state index in [1.807, 2.05) is 0 Å². The molecule has 9 heteroatoms. The van der Waals surface area contributed by atoms with E-state index >= 15 is 0 Å². The summed E-state index contributed by atoms with van der Waals surface area (Å²) >= 11 is 0. The highest BCUT2D eigenvalue weighted by Crippen LogP contribution is 2.37. The molecular weight excluding hydrogens is 333 g/mol. The van der Waals surface area contributed by atoms with E-state index in [-0.39, 0.29) is 31.2 Å². The minimum absolute atomic E-state index is 0. The van der Waals surface area contributed by atoms with Gasteiger partial charge in [-0.1, -0.05) is 6.42 Å². The predicted octanol–water partition coefficient (Wildman–Crippen LogP) is 2.34. The highest BCUT2D eigenvalue weighted by atomic mass is 35.5. The maximum atomic E-state index is 12.8. The van der Waals surface area contributed by atoms with Gasteiger partial charge in [-0.15, -0.1) is 12.4 Å². The van der Waals surface area contributed by atoms with Crippen LogP contribution in [0.3, 0.4) is 0 Å². The van der Waals surface area contributed by atoms with Gasteiger partial charge in [0.15, 0.2) is 0 Å². The maximum Gasteiger partial charge on any atom is 0.391 e. The van der Waals surface area contributed by atoms with E-state index < -0.39 is 24.2 Å². The van der Waals surface area contributed by atoms with E-state index in [0.717, 1.165) is 0 Å². The van der Waals surface area contributed by atoms with Gasteiger partial charge in [-0.2, -0.15) is 18.3 Å². The first-order valence-electron chi connectivity index (χ1n) is 7.34. The second-order valence-corrected chi connectivity index (χ2v) is 5.78. The van der Waals surface area contributed by atoms with E-state index in [1.165, 1.54) is 0 Å². The molecule has 23 heavy (non-hydrogen) atoms. The molecule has 2 N–H and O–H groups in total. The number of carbonyl (C=O) groups is 1. The molecule has 2 rings (SSSR count).